The van der Waals surface area contributed by atoms with Crippen LogP contribution in [0.15, 0.2) is 61.2 Å². The first-order valence-corrected chi connectivity index (χ1v) is 9.40. The van der Waals surface area contributed by atoms with Gasteiger partial charge in [-0.3, -0.25) is 4.79 Å². The number of carbonyl (C=O) groups excluding carboxylic acids is 1. The van der Waals surface area contributed by atoms with Gasteiger partial charge in [-0.25, -0.2) is 4.68 Å². The van der Waals surface area contributed by atoms with Crippen LogP contribution in [0.5, 0.6) is 5.75 Å². The summed E-state index contributed by atoms with van der Waals surface area (Å²) in [4.78, 5) is 14.6. The van der Waals surface area contributed by atoms with E-state index in [1.807, 2.05) is 36.5 Å². The number of rotatable bonds is 6. The van der Waals surface area contributed by atoms with Crippen LogP contribution in [0.1, 0.15) is 15.9 Å². The van der Waals surface area contributed by atoms with Crippen molar-refractivity contribution >= 4 is 17.5 Å². The number of aromatic nitrogens is 6. The van der Waals surface area contributed by atoms with Crippen molar-refractivity contribution in [3.05, 3.63) is 77.3 Å². The van der Waals surface area contributed by atoms with Gasteiger partial charge in [0.1, 0.15) is 12.1 Å². The Kier molecular flexibility index (Phi) is 5.44. The molecule has 10 heteroatoms. The van der Waals surface area contributed by atoms with E-state index in [9.17, 15) is 4.79 Å². The number of hydrogen-bond acceptors (Lipinski definition) is 6. The molecule has 0 bridgehead atoms. The second kappa shape index (κ2) is 8.34. The van der Waals surface area contributed by atoms with E-state index in [1.54, 1.807) is 35.0 Å². The van der Waals surface area contributed by atoms with Gasteiger partial charge < -0.3 is 9.64 Å². The highest BCUT2D eigenvalue weighted by Gasteiger charge is 2.21. The second-order valence-corrected chi connectivity index (χ2v) is 6.96. The van der Waals surface area contributed by atoms with Crippen LogP contribution < -0.4 is 4.74 Å². The smallest absolute Gasteiger partial charge is 0.257 e. The molecule has 0 N–H and O–H groups in total. The molecule has 0 radical (unpaired) electrons. The second-order valence-electron chi connectivity index (χ2n) is 6.55. The lowest BCUT2D eigenvalue weighted by molar-refractivity contribution is 0.0781. The van der Waals surface area contributed by atoms with Gasteiger partial charge in [-0.15, -0.1) is 5.10 Å². The molecule has 9 nitrogen and oxygen atoms in total. The number of halogens is 1. The van der Waals surface area contributed by atoms with Crippen LogP contribution in [0.2, 0.25) is 5.02 Å². The molecule has 4 rings (SSSR count). The molecule has 0 unspecified atom stereocenters. The number of carbonyl (C=O) groups is 1. The van der Waals surface area contributed by atoms with Gasteiger partial charge in [0.15, 0.2) is 0 Å². The zero-order chi connectivity index (χ0) is 21.1. The number of benzene rings is 2. The Morgan fingerprint density at radius 1 is 1.20 bits per heavy atom. The number of nitrogens with zero attached hydrogens (tertiary/aromatic N) is 7. The van der Waals surface area contributed by atoms with E-state index in [1.165, 1.54) is 18.1 Å². The fourth-order valence-electron chi connectivity index (χ4n) is 3.04. The third-order valence-corrected chi connectivity index (χ3v) is 4.82. The molecular formula is C20H18ClN7O2. The van der Waals surface area contributed by atoms with Crippen LogP contribution in [0.25, 0.3) is 11.4 Å². The fourth-order valence-corrected chi connectivity index (χ4v) is 3.29. The van der Waals surface area contributed by atoms with E-state index in [2.05, 4.69) is 20.6 Å². The number of ether oxygens (including phenoxy) is 1. The van der Waals surface area contributed by atoms with Crippen LogP contribution in [-0.2, 0) is 6.54 Å². The van der Waals surface area contributed by atoms with E-state index >= 15 is 0 Å². The Morgan fingerprint density at radius 2 is 2.00 bits per heavy atom. The Labute approximate surface area is 177 Å². The zero-order valence-corrected chi connectivity index (χ0v) is 17.1. The summed E-state index contributed by atoms with van der Waals surface area (Å²) < 4.78 is 8.59. The number of para-hydroxylation sites is 1. The molecule has 0 spiro atoms. The largest absolute Gasteiger partial charge is 0.496 e. The first kappa shape index (κ1) is 19.6. The Bertz CT molecular complexity index is 1160. The van der Waals surface area contributed by atoms with E-state index < -0.39 is 0 Å². The average molecular weight is 424 g/mol. The van der Waals surface area contributed by atoms with Crippen molar-refractivity contribution in [3.63, 3.8) is 0 Å². The number of amides is 1. The lowest BCUT2D eigenvalue weighted by Gasteiger charge is -2.19. The van der Waals surface area contributed by atoms with Crippen LogP contribution in [0, 0.1) is 0 Å². The minimum Gasteiger partial charge on any atom is -0.496 e. The summed E-state index contributed by atoms with van der Waals surface area (Å²) in [5, 5.41) is 15.7. The van der Waals surface area contributed by atoms with Gasteiger partial charge in [-0.1, -0.05) is 29.8 Å². The molecule has 0 saturated carbocycles. The Morgan fingerprint density at radius 3 is 2.70 bits per heavy atom. The molecule has 0 aliphatic rings. The minimum absolute atomic E-state index is 0.232. The third kappa shape index (κ3) is 3.87. The van der Waals surface area contributed by atoms with Crippen molar-refractivity contribution in [2.45, 2.75) is 6.54 Å². The standard InChI is InChI=1S/C20H18ClN7O2/c1-26(11-14-10-23-27(12-14)15-6-4-3-5-7-15)20(29)16-8-17(21)18(9-19(16)30-2)28-13-22-24-25-28/h3-10,12-13H,11H2,1-2H3. The molecule has 30 heavy (non-hydrogen) atoms. The summed E-state index contributed by atoms with van der Waals surface area (Å²) in [5.74, 6) is 0.145. The maximum absolute atomic E-state index is 13.1. The molecule has 2 aromatic carbocycles. The van der Waals surface area contributed by atoms with Gasteiger partial charge in [0, 0.05) is 31.4 Å². The van der Waals surface area contributed by atoms with Gasteiger partial charge in [0.05, 0.1) is 35.3 Å². The minimum atomic E-state index is -0.232. The van der Waals surface area contributed by atoms with Crippen LogP contribution in [0.3, 0.4) is 0 Å². The highest BCUT2D eigenvalue weighted by atomic mass is 35.5. The predicted molar refractivity (Wildman–Crippen MR) is 110 cm³/mol. The zero-order valence-electron chi connectivity index (χ0n) is 16.3. The summed E-state index contributed by atoms with van der Waals surface area (Å²) in [7, 11) is 3.21. The maximum Gasteiger partial charge on any atom is 0.257 e. The lowest BCUT2D eigenvalue weighted by atomic mass is 10.1. The number of tetrazole rings is 1. The normalized spacial score (nSPS) is 10.8. The SMILES string of the molecule is COc1cc(-n2cnnn2)c(Cl)cc1C(=O)N(C)Cc1cnn(-c2ccccc2)c1. The third-order valence-electron chi connectivity index (χ3n) is 4.52. The average Bonchev–Trinajstić information content (AvgIpc) is 3.46. The van der Waals surface area contributed by atoms with E-state index in [0.29, 0.717) is 28.6 Å². The molecule has 152 valence electrons. The van der Waals surface area contributed by atoms with Gasteiger partial charge in [-0.05, 0) is 28.6 Å². The van der Waals surface area contributed by atoms with Crippen molar-refractivity contribution in [2.24, 2.45) is 0 Å². The first-order chi connectivity index (χ1) is 14.6. The topological polar surface area (TPSA) is 91.0 Å². The van der Waals surface area contributed by atoms with Crippen molar-refractivity contribution in [3.8, 4) is 17.1 Å². The first-order valence-electron chi connectivity index (χ1n) is 9.02. The van der Waals surface area contributed by atoms with E-state index in [4.69, 9.17) is 16.3 Å². The van der Waals surface area contributed by atoms with E-state index in [-0.39, 0.29) is 5.91 Å². The predicted octanol–water partition coefficient (Wildman–Crippen LogP) is 2.78. The van der Waals surface area contributed by atoms with Crippen LogP contribution in [-0.4, -0.2) is 55.0 Å². The quantitative estimate of drug-likeness (QED) is 0.473. The Hall–Kier alpha value is -3.72. The molecule has 2 heterocycles. The lowest BCUT2D eigenvalue weighted by Crippen LogP contribution is -2.26. The van der Waals surface area contributed by atoms with Gasteiger partial charge in [-0.2, -0.15) is 9.78 Å². The van der Waals surface area contributed by atoms with Crippen molar-refractivity contribution in [1.29, 1.82) is 0 Å². The molecule has 4 aromatic rings. The highest BCUT2D eigenvalue weighted by molar-refractivity contribution is 6.33. The molecular weight excluding hydrogens is 406 g/mol. The van der Waals surface area contributed by atoms with E-state index in [0.717, 1.165) is 11.3 Å². The summed E-state index contributed by atoms with van der Waals surface area (Å²) in [6, 6.07) is 13.0. The summed E-state index contributed by atoms with van der Waals surface area (Å²) in [5.41, 5.74) is 2.70. The summed E-state index contributed by atoms with van der Waals surface area (Å²) in [6.07, 6.45) is 5.05. The van der Waals surface area contributed by atoms with Crippen molar-refractivity contribution < 1.29 is 9.53 Å². The molecule has 2 aromatic heterocycles. The van der Waals surface area contributed by atoms with Gasteiger partial charge in [0.2, 0.25) is 0 Å². The fraction of sp³-hybridized carbons (Fsp3) is 0.150. The van der Waals surface area contributed by atoms with Crippen LogP contribution in [0.4, 0.5) is 0 Å². The van der Waals surface area contributed by atoms with Gasteiger partial charge in [0.25, 0.3) is 5.91 Å². The number of hydrogen-bond donors (Lipinski definition) is 0. The Balaban J connectivity index is 1.55. The molecule has 1 amide bonds. The van der Waals surface area contributed by atoms with Crippen LogP contribution >= 0.6 is 11.6 Å². The van der Waals surface area contributed by atoms with Crippen molar-refractivity contribution in [1.82, 2.24) is 34.9 Å². The summed E-state index contributed by atoms with van der Waals surface area (Å²) in [6.45, 7) is 0.376. The molecule has 0 saturated heterocycles. The maximum atomic E-state index is 13.1. The number of methoxy groups -OCH3 is 1. The molecule has 0 aliphatic carbocycles. The van der Waals surface area contributed by atoms with Crippen molar-refractivity contribution in [2.75, 3.05) is 14.2 Å². The van der Waals surface area contributed by atoms with Gasteiger partial charge >= 0.3 is 0 Å². The molecule has 0 fully saturated rings. The molecule has 0 aliphatic heterocycles. The summed E-state index contributed by atoms with van der Waals surface area (Å²) >= 11 is 6.37. The highest BCUT2D eigenvalue weighted by Crippen LogP contribution is 2.30. The molecule has 0 atom stereocenters. The monoisotopic (exact) mass is 423 g/mol.